The van der Waals surface area contributed by atoms with Crippen LogP contribution in [0.1, 0.15) is 11.1 Å². The van der Waals surface area contributed by atoms with Gasteiger partial charge >= 0.3 is 5.97 Å². The highest BCUT2D eigenvalue weighted by Crippen LogP contribution is 2.30. The van der Waals surface area contributed by atoms with E-state index in [0.717, 1.165) is 12.1 Å². The topological polar surface area (TPSA) is 72.6 Å². The van der Waals surface area contributed by atoms with E-state index in [1.54, 1.807) is 18.2 Å². The number of aromatic nitrogens is 1. The summed E-state index contributed by atoms with van der Waals surface area (Å²) in [7, 11) is 0. The third kappa shape index (κ3) is 4.34. The van der Waals surface area contributed by atoms with Crippen molar-refractivity contribution >= 4 is 28.5 Å². The predicted molar refractivity (Wildman–Crippen MR) is 106 cm³/mol. The lowest BCUT2D eigenvalue weighted by Crippen LogP contribution is -2.04. The Bertz CT molecular complexity index is 1310. The van der Waals surface area contributed by atoms with Gasteiger partial charge in [-0.3, -0.25) is 4.79 Å². The Hall–Kier alpha value is -3.52. The van der Waals surface area contributed by atoms with Crippen molar-refractivity contribution in [1.29, 1.82) is 0 Å². The molecule has 4 aromatic rings. The molecule has 2 aromatic carbocycles. The molecule has 2 heterocycles. The number of hydrogen-bond acceptors (Lipinski definition) is 4. The van der Waals surface area contributed by atoms with Gasteiger partial charge in [0.2, 0.25) is 5.88 Å². The average molecular weight is 448 g/mol. The second kappa shape index (κ2) is 8.31. The van der Waals surface area contributed by atoms with Crippen molar-refractivity contribution in [3.8, 4) is 17.1 Å². The molecule has 2 aromatic heterocycles. The SMILES string of the molecule is O=C(O)Cc1cc(F)c(-c2cccc(OCc3ccc(Cl)c4cc(F)oc34)n2)cc1F. The summed E-state index contributed by atoms with van der Waals surface area (Å²) in [6, 6.07) is 9.85. The molecule has 0 radical (unpaired) electrons. The van der Waals surface area contributed by atoms with Crippen molar-refractivity contribution in [2.75, 3.05) is 0 Å². The number of benzene rings is 2. The van der Waals surface area contributed by atoms with E-state index >= 15 is 0 Å². The van der Waals surface area contributed by atoms with E-state index in [-0.39, 0.29) is 34.9 Å². The van der Waals surface area contributed by atoms with Crippen LogP contribution >= 0.6 is 11.6 Å². The number of fused-ring (bicyclic) bond motifs is 1. The van der Waals surface area contributed by atoms with Crippen LogP contribution in [0.5, 0.6) is 5.88 Å². The van der Waals surface area contributed by atoms with Crippen molar-refractivity contribution < 1.29 is 32.2 Å². The van der Waals surface area contributed by atoms with Gasteiger partial charge in [0.15, 0.2) is 0 Å². The lowest BCUT2D eigenvalue weighted by atomic mass is 10.0. The fourth-order valence-corrected chi connectivity index (χ4v) is 3.31. The molecule has 0 bridgehead atoms. The minimum absolute atomic E-state index is 0.0362. The van der Waals surface area contributed by atoms with Gasteiger partial charge in [0, 0.05) is 34.2 Å². The van der Waals surface area contributed by atoms with E-state index in [4.69, 9.17) is 25.9 Å². The van der Waals surface area contributed by atoms with Crippen molar-refractivity contribution in [2.24, 2.45) is 0 Å². The first-order valence-corrected chi connectivity index (χ1v) is 9.36. The number of nitrogens with zero attached hydrogens (tertiary/aromatic N) is 1. The van der Waals surface area contributed by atoms with Crippen LogP contribution in [0.15, 0.2) is 52.9 Å². The van der Waals surface area contributed by atoms with Gasteiger partial charge in [-0.1, -0.05) is 23.7 Å². The zero-order chi connectivity index (χ0) is 22.1. The Kier molecular flexibility index (Phi) is 5.56. The molecular weight excluding hydrogens is 435 g/mol. The summed E-state index contributed by atoms with van der Waals surface area (Å²) in [6.07, 6.45) is -0.636. The number of carboxylic acid groups (broad SMARTS) is 1. The largest absolute Gasteiger partial charge is 0.481 e. The minimum atomic E-state index is -1.27. The van der Waals surface area contributed by atoms with Crippen LogP contribution in [0, 0.1) is 17.6 Å². The van der Waals surface area contributed by atoms with Crippen LogP contribution in [0.2, 0.25) is 5.02 Å². The zero-order valence-electron chi connectivity index (χ0n) is 15.7. The number of carbonyl (C=O) groups is 1. The zero-order valence-corrected chi connectivity index (χ0v) is 16.4. The Morgan fingerprint density at radius 1 is 1.06 bits per heavy atom. The summed E-state index contributed by atoms with van der Waals surface area (Å²) in [5.74, 6) is -2.82. The van der Waals surface area contributed by atoms with Crippen LogP contribution < -0.4 is 4.74 Å². The van der Waals surface area contributed by atoms with Gasteiger partial charge in [-0.05, 0) is 24.3 Å². The van der Waals surface area contributed by atoms with Crippen LogP contribution in [-0.4, -0.2) is 16.1 Å². The van der Waals surface area contributed by atoms with Crippen LogP contribution in [0.4, 0.5) is 13.2 Å². The molecule has 158 valence electrons. The molecular formula is C22H13ClF3NO4. The van der Waals surface area contributed by atoms with Gasteiger partial charge in [-0.2, -0.15) is 4.39 Å². The molecule has 0 saturated carbocycles. The number of halogens is 4. The maximum Gasteiger partial charge on any atom is 0.307 e. The second-order valence-electron chi connectivity index (χ2n) is 6.64. The molecule has 0 saturated heterocycles. The molecule has 0 atom stereocenters. The van der Waals surface area contributed by atoms with Crippen LogP contribution in [-0.2, 0) is 17.8 Å². The fourth-order valence-electron chi connectivity index (χ4n) is 3.11. The monoisotopic (exact) mass is 447 g/mol. The molecule has 0 unspecified atom stereocenters. The Balaban J connectivity index is 1.59. The first-order chi connectivity index (χ1) is 14.8. The number of ether oxygens (including phenoxy) is 1. The number of rotatable bonds is 6. The predicted octanol–water partition coefficient (Wildman–Crippen LogP) is 5.77. The lowest BCUT2D eigenvalue weighted by molar-refractivity contribution is -0.136. The van der Waals surface area contributed by atoms with E-state index in [2.05, 4.69) is 4.98 Å². The van der Waals surface area contributed by atoms with Gasteiger partial charge in [-0.25, -0.2) is 13.8 Å². The van der Waals surface area contributed by atoms with Gasteiger partial charge < -0.3 is 14.3 Å². The van der Waals surface area contributed by atoms with E-state index in [1.165, 1.54) is 18.2 Å². The van der Waals surface area contributed by atoms with Gasteiger partial charge in [0.25, 0.3) is 6.01 Å². The Morgan fingerprint density at radius 2 is 1.87 bits per heavy atom. The van der Waals surface area contributed by atoms with Crippen LogP contribution in [0.3, 0.4) is 0 Å². The van der Waals surface area contributed by atoms with Crippen molar-refractivity contribution in [2.45, 2.75) is 13.0 Å². The maximum absolute atomic E-state index is 14.5. The van der Waals surface area contributed by atoms with Crippen molar-refractivity contribution in [3.05, 3.63) is 82.3 Å². The highest BCUT2D eigenvalue weighted by Gasteiger charge is 2.16. The highest BCUT2D eigenvalue weighted by molar-refractivity contribution is 6.35. The summed E-state index contributed by atoms with van der Waals surface area (Å²) >= 11 is 6.04. The van der Waals surface area contributed by atoms with Crippen LogP contribution in [0.25, 0.3) is 22.2 Å². The first-order valence-electron chi connectivity index (χ1n) is 8.98. The average Bonchev–Trinajstić information content (AvgIpc) is 3.12. The summed E-state index contributed by atoms with van der Waals surface area (Å²) in [6.45, 7) is -0.0362. The van der Waals surface area contributed by atoms with Gasteiger partial charge in [0.05, 0.1) is 17.1 Å². The first kappa shape index (κ1) is 20.7. The Morgan fingerprint density at radius 3 is 2.65 bits per heavy atom. The Labute approximate surface area is 178 Å². The molecule has 5 nitrogen and oxygen atoms in total. The number of furan rings is 1. The van der Waals surface area contributed by atoms with Crippen molar-refractivity contribution in [3.63, 3.8) is 0 Å². The fraction of sp³-hybridized carbons (Fsp3) is 0.0909. The highest BCUT2D eigenvalue weighted by atomic mass is 35.5. The summed E-state index contributed by atoms with van der Waals surface area (Å²) in [4.78, 5) is 14.9. The second-order valence-corrected chi connectivity index (χ2v) is 7.05. The molecule has 1 N–H and O–H groups in total. The lowest BCUT2D eigenvalue weighted by Gasteiger charge is -2.10. The summed E-state index contributed by atoms with van der Waals surface area (Å²) in [5.41, 5.74) is 0.452. The third-order valence-electron chi connectivity index (χ3n) is 4.53. The van der Waals surface area contributed by atoms with E-state index in [1.807, 2.05) is 0 Å². The number of pyridine rings is 1. The normalized spacial score (nSPS) is 11.1. The maximum atomic E-state index is 14.5. The van der Waals surface area contributed by atoms with E-state index in [9.17, 15) is 18.0 Å². The molecule has 0 spiro atoms. The van der Waals surface area contributed by atoms with Gasteiger partial charge in [-0.15, -0.1) is 0 Å². The number of hydrogen-bond donors (Lipinski definition) is 1. The molecule has 0 aliphatic rings. The summed E-state index contributed by atoms with van der Waals surface area (Å²) in [5, 5.41) is 9.52. The van der Waals surface area contributed by atoms with Gasteiger partial charge in [0.1, 0.15) is 23.8 Å². The van der Waals surface area contributed by atoms with E-state index < -0.39 is 30.0 Å². The number of carboxylic acids is 1. The molecule has 0 aliphatic carbocycles. The molecule has 4 rings (SSSR count). The summed E-state index contributed by atoms with van der Waals surface area (Å²) < 4.78 is 52.8. The third-order valence-corrected chi connectivity index (χ3v) is 4.86. The van der Waals surface area contributed by atoms with Crippen molar-refractivity contribution in [1.82, 2.24) is 4.98 Å². The van der Waals surface area contributed by atoms with E-state index in [0.29, 0.717) is 16.0 Å². The quantitative estimate of drug-likeness (QED) is 0.406. The minimum Gasteiger partial charge on any atom is -0.481 e. The molecule has 31 heavy (non-hydrogen) atoms. The standard InChI is InChI=1S/C22H13ClF3NO4/c23-15-5-4-11(22-13(15)9-19(26)31-22)10-30-20-3-1-2-18(27-20)14-8-16(24)12(6-17(14)25)7-21(28)29/h1-6,8-9H,7,10H2,(H,28,29). The molecule has 0 amide bonds. The molecule has 9 heteroatoms. The molecule has 0 aliphatic heterocycles. The molecule has 0 fully saturated rings. The number of aliphatic carboxylic acids is 1. The smallest absolute Gasteiger partial charge is 0.307 e.